The molecule has 2 aromatic heterocycles. The van der Waals surface area contributed by atoms with Gasteiger partial charge in [0, 0.05) is 29.0 Å². The molecule has 0 bridgehead atoms. The molecule has 2 aromatic carbocycles. The van der Waals surface area contributed by atoms with Crippen molar-refractivity contribution in [1.82, 2.24) is 10.2 Å². The summed E-state index contributed by atoms with van der Waals surface area (Å²) in [5, 5.41) is 13.3. The van der Waals surface area contributed by atoms with Crippen LogP contribution in [-0.2, 0) is 5.75 Å². The normalized spacial score (nSPS) is 10.9. The van der Waals surface area contributed by atoms with E-state index in [1.54, 1.807) is 13.2 Å². The van der Waals surface area contributed by atoms with Crippen LogP contribution in [0, 0.1) is 6.92 Å². The second-order valence-electron chi connectivity index (χ2n) is 6.11. The molecule has 8 heteroatoms. The minimum atomic E-state index is -0.379. The lowest BCUT2D eigenvalue weighted by atomic mass is 10.1. The number of methoxy groups -OCH3 is 1. The predicted molar refractivity (Wildman–Crippen MR) is 113 cm³/mol. The Morgan fingerprint density at radius 2 is 2.07 bits per heavy atom. The molecule has 0 saturated heterocycles. The number of rotatable bonds is 6. The molecule has 0 saturated carbocycles. The first kappa shape index (κ1) is 18.5. The topological polar surface area (TPSA) is 77.3 Å². The lowest BCUT2D eigenvalue weighted by molar-refractivity contribution is 0.414. The van der Waals surface area contributed by atoms with Gasteiger partial charge in [0.25, 0.3) is 0 Å². The molecular weight excluding hydrogens is 394 g/mol. The second-order valence-corrected chi connectivity index (χ2v) is 8.31. The Hall–Kier alpha value is -2.84. The largest absolute Gasteiger partial charge is 0.497 e. The van der Waals surface area contributed by atoms with Crippen LogP contribution in [0.15, 0.2) is 62.1 Å². The second kappa shape index (κ2) is 8.04. The highest BCUT2D eigenvalue weighted by atomic mass is 32.2. The number of anilines is 2. The minimum Gasteiger partial charge on any atom is -0.497 e. The number of fused-ring (bicyclic) bond motifs is 1. The molecule has 0 aliphatic rings. The van der Waals surface area contributed by atoms with Crippen LogP contribution in [0.25, 0.3) is 11.0 Å². The summed E-state index contributed by atoms with van der Waals surface area (Å²) in [6, 6.07) is 15.1. The standard InChI is InChI=1S/C20H17N3O3S2/c1-12-4-3-5-14(8-12)21-19-22-23-20(28-19)27-11-13-9-18(24)26-17-10-15(25-2)6-7-16(13)17/h3-10H,11H2,1-2H3,(H,21,22). The monoisotopic (exact) mass is 411 g/mol. The van der Waals surface area contributed by atoms with Crippen molar-refractivity contribution in [3.8, 4) is 5.75 Å². The SMILES string of the molecule is COc1ccc2c(CSc3nnc(Nc4cccc(C)c4)s3)cc(=O)oc2c1. The summed E-state index contributed by atoms with van der Waals surface area (Å²) in [6.07, 6.45) is 0. The van der Waals surface area contributed by atoms with Gasteiger partial charge in [-0.05, 0) is 42.3 Å². The number of thioether (sulfide) groups is 1. The van der Waals surface area contributed by atoms with Crippen LogP contribution < -0.4 is 15.7 Å². The predicted octanol–water partition coefficient (Wildman–Crippen LogP) is 5.00. The molecule has 0 radical (unpaired) electrons. The van der Waals surface area contributed by atoms with E-state index < -0.39 is 0 Å². The van der Waals surface area contributed by atoms with Gasteiger partial charge in [-0.3, -0.25) is 0 Å². The van der Waals surface area contributed by atoms with Crippen molar-refractivity contribution >= 4 is 44.9 Å². The molecule has 4 aromatic rings. The highest BCUT2D eigenvalue weighted by Gasteiger charge is 2.10. The van der Waals surface area contributed by atoms with Gasteiger partial charge >= 0.3 is 5.63 Å². The third kappa shape index (κ3) is 4.18. The first-order valence-electron chi connectivity index (χ1n) is 8.51. The minimum absolute atomic E-state index is 0.379. The number of hydrogen-bond donors (Lipinski definition) is 1. The molecule has 2 heterocycles. The number of aryl methyl sites for hydroxylation is 1. The number of hydrogen-bond acceptors (Lipinski definition) is 8. The van der Waals surface area contributed by atoms with Crippen molar-refractivity contribution in [3.05, 3.63) is 70.1 Å². The summed E-state index contributed by atoms with van der Waals surface area (Å²) in [7, 11) is 1.58. The lowest BCUT2D eigenvalue weighted by Crippen LogP contribution is -2.00. The van der Waals surface area contributed by atoms with Gasteiger partial charge in [-0.2, -0.15) is 0 Å². The van der Waals surface area contributed by atoms with Gasteiger partial charge in [-0.1, -0.05) is 35.2 Å². The molecule has 0 fully saturated rings. The first-order valence-corrected chi connectivity index (χ1v) is 10.3. The van der Waals surface area contributed by atoms with E-state index in [-0.39, 0.29) is 5.63 Å². The Balaban J connectivity index is 1.50. The molecular formula is C20H17N3O3S2. The third-order valence-electron chi connectivity index (χ3n) is 4.06. The van der Waals surface area contributed by atoms with E-state index in [4.69, 9.17) is 9.15 Å². The van der Waals surface area contributed by atoms with E-state index in [0.717, 1.165) is 26.1 Å². The molecule has 0 unspecified atom stereocenters. The molecule has 142 valence electrons. The van der Waals surface area contributed by atoms with Gasteiger partial charge < -0.3 is 14.5 Å². The van der Waals surface area contributed by atoms with Crippen LogP contribution in [0.2, 0.25) is 0 Å². The van der Waals surface area contributed by atoms with Crippen molar-refractivity contribution in [1.29, 1.82) is 0 Å². The summed E-state index contributed by atoms with van der Waals surface area (Å²) >= 11 is 3.01. The van der Waals surface area contributed by atoms with Crippen LogP contribution in [-0.4, -0.2) is 17.3 Å². The third-order valence-corrected chi connectivity index (χ3v) is 6.09. The molecule has 0 aliphatic heterocycles. The van der Waals surface area contributed by atoms with E-state index >= 15 is 0 Å². The zero-order valence-corrected chi connectivity index (χ0v) is 16.9. The Morgan fingerprint density at radius 3 is 2.89 bits per heavy atom. The van der Waals surface area contributed by atoms with Crippen LogP contribution in [0.1, 0.15) is 11.1 Å². The maximum atomic E-state index is 11.9. The van der Waals surface area contributed by atoms with Crippen LogP contribution >= 0.6 is 23.1 Å². The van der Waals surface area contributed by atoms with Gasteiger partial charge in [-0.15, -0.1) is 10.2 Å². The van der Waals surface area contributed by atoms with E-state index in [1.165, 1.54) is 34.7 Å². The molecule has 4 rings (SSSR count). The molecule has 0 spiro atoms. The highest BCUT2D eigenvalue weighted by Crippen LogP contribution is 2.32. The van der Waals surface area contributed by atoms with Crippen molar-refractivity contribution in [2.75, 3.05) is 12.4 Å². The Labute approximate surface area is 169 Å². The van der Waals surface area contributed by atoms with Crippen molar-refractivity contribution in [3.63, 3.8) is 0 Å². The Kier molecular flexibility index (Phi) is 5.31. The van der Waals surface area contributed by atoms with Gasteiger partial charge in [-0.25, -0.2) is 4.79 Å². The number of nitrogens with zero attached hydrogens (tertiary/aromatic N) is 2. The average molecular weight is 412 g/mol. The summed E-state index contributed by atoms with van der Waals surface area (Å²) in [4.78, 5) is 11.9. The van der Waals surface area contributed by atoms with Crippen molar-refractivity contribution in [2.24, 2.45) is 0 Å². The number of ether oxygens (including phenoxy) is 1. The number of aromatic nitrogens is 2. The molecule has 0 atom stereocenters. The van der Waals surface area contributed by atoms with E-state index in [0.29, 0.717) is 17.1 Å². The van der Waals surface area contributed by atoms with Gasteiger partial charge in [0.05, 0.1) is 7.11 Å². The molecule has 0 amide bonds. The zero-order chi connectivity index (χ0) is 19.5. The summed E-state index contributed by atoms with van der Waals surface area (Å²) in [5.74, 6) is 1.24. The molecule has 0 aliphatic carbocycles. The Morgan fingerprint density at radius 1 is 1.18 bits per heavy atom. The van der Waals surface area contributed by atoms with Crippen molar-refractivity contribution < 1.29 is 9.15 Å². The van der Waals surface area contributed by atoms with E-state index in [9.17, 15) is 4.79 Å². The van der Waals surface area contributed by atoms with Crippen LogP contribution in [0.5, 0.6) is 5.75 Å². The van der Waals surface area contributed by atoms with Gasteiger partial charge in [0.15, 0.2) is 4.34 Å². The summed E-state index contributed by atoms with van der Waals surface area (Å²) < 4.78 is 11.3. The van der Waals surface area contributed by atoms with E-state index in [1.807, 2.05) is 37.3 Å². The van der Waals surface area contributed by atoms with Crippen LogP contribution in [0.3, 0.4) is 0 Å². The maximum Gasteiger partial charge on any atom is 0.336 e. The van der Waals surface area contributed by atoms with E-state index in [2.05, 4.69) is 21.6 Å². The number of benzene rings is 2. The first-order chi connectivity index (χ1) is 13.6. The average Bonchev–Trinajstić information content (AvgIpc) is 3.12. The molecule has 28 heavy (non-hydrogen) atoms. The van der Waals surface area contributed by atoms with Crippen LogP contribution in [0.4, 0.5) is 10.8 Å². The van der Waals surface area contributed by atoms with Gasteiger partial charge in [0.1, 0.15) is 11.3 Å². The number of nitrogens with one attached hydrogen (secondary N) is 1. The summed E-state index contributed by atoms with van der Waals surface area (Å²) in [6.45, 7) is 2.04. The fraction of sp³-hybridized carbons (Fsp3) is 0.150. The fourth-order valence-corrected chi connectivity index (χ4v) is 4.52. The molecule has 6 nitrogen and oxygen atoms in total. The summed E-state index contributed by atoms with van der Waals surface area (Å²) in [5.41, 5.74) is 3.18. The fourth-order valence-electron chi connectivity index (χ4n) is 2.76. The molecule has 1 N–H and O–H groups in total. The quantitative estimate of drug-likeness (QED) is 0.353. The Bertz CT molecular complexity index is 1190. The smallest absolute Gasteiger partial charge is 0.336 e. The van der Waals surface area contributed by atoms with Crippen molar-refractivity contribution in [2.45, 2.75) is 17.0 Å². The highest BCUT2D eigenvalue weighted by molar-refractivity contribution is 8.00. The maximum absolute atomic E-state index is 11.9. The van der Waals surface area contributed by atoms with Gasteiger partial charge in [0.2, 0.25) is 5.13 Å². The lowest BCUT2D eigenvalue weighted by Gasteiger charge is -2.05. The zero-order valence-electron chi connectivity index (χ0n) is 15.3.